The van der Waals surface area contributed by atoms with Gasteiger partial charge in [-0.3, -0.25) is 9.89 Å². The third-order valence-electron chi connectivity index (χ3n) is 4.83. The molecule has 6 heteroatoms. The van der Waals surface area contributed by atoms with Crippen LogP contribution in [0.1, 0.15) is 19.4 Å². The summed E-state index contributed by atoms with van der Waals surface area (Å²) in [5.74, 6) is 1.73. The van der Waals surface area contributed by atoms with E-state index in [1.165, 1.54) is 5.56 Å². The number of benzene rings is 1. The lowest BCUT2D eigenvalue weighted by atomic mass is 10.2. The lowest BCUT2D eigenvalue weighted by Crippen LogP contribution is -2.52. The van der Waals surface area contributed by atoms with Crippen molar-refractivity contribution in [1.82, 2.24) is 20.4 Å². The number of nitrogens with one attached hydrogen (secondary N) is 2. The number of hydrogen-bond donors (Lipinski definition) is 2. The van der Waals surface area contributed by atoms with E-state index in [4.69, 9.17) is 4.74 Å². The molecule has 0 amide bonds. The lowest BCUT2D eigenvalue weighted by molar-refractivity contribution is 0.120. The number of guanidine groups is 1. The zero-order chi connectivity index (χ0) is 18.9. The molecule has 0 bridgehead atoms. The highest BCUT2D eigenvalue weighted by molar-refractivity contribution is 5.79. The smallest absolute Gasteiger partial charge is 0.191 e. The molecule has 1 aliphatic heterocycles. The summed E-state index contributed by atoms with van der Waals surface area (Å²) in [7, 11) is 3.99. The van der Waals surface area contributed by atoms with Gasteiger partial charge in [-0.15, -0.1) is 0 Å². The van der Waals surface area contributed by atoms with Gasteiger partial charge in [0, 0.05) is 45.8 Å². The van der Waals surface area contributed by atoms with Gasteiger partial charge in [0.25, 0.3) is 0 Å². The van der Waals surface area contributed by atoms with Gasteiger partial charge in [-0.05, 0) is 45.5 Å². The zero-order valence-electron chi connectivity index (χ0n) is 17.0. The van der Waals surface area contributed by atoms with E-state index in [1.54, 1.807) is 0 Å². The first kappa shape index (κ1) is 20.5. The summed E-state index contributed by atoms with van der Waals surface area (Å²) >= 11 is 0. The first-order chi connectivity index (χ1) is 12.5. The summed E-state index contributed by atoms with van der Waals surface area (Å²) in [5.41, 5.74) is 1.21. The van der Waals surface area contributed by atoms with Crippen molar-refractivity contribution in [3.05, 3.63) is 29.8 Å². The second kappa shape index (κ2) is 10.4. The zero-order valence-corrected chi connectivity index (χ0v) is 17.0. The van der Waals surface area contributed by atoms with Crippen molar-refractivity contribution in [2.75, 3.05) is 53.4 Å². The number of piperazine rings is 1. The normalized spacial score (nSPS) is 19.0. The van der Waals surface area contributed by atoms with Crippen LogP contribution in [0.25, 0.3) is 0 Å². The summed E-state index contributed by atoms with van der Waals surface area (Å²) in [6.07, 6.45) is 0.0606. The Morgan fingerprint density at radius 1 is 1.15 bits per heavy atom. The minimum atomic E-state index is 0.0606. The number of nitrogens with zero attached hydrogens (tertiary/aromatic N) is 3. The second-order valence-corrected chi connectivity index (χ2v) is 7.27. The van der Waals surface area contributed by atoms with Crippen molar-refractivity contribution < 1.29 is 4.74 Å². The third-order valence-corrected chi connectivity index (χ3v) is 4.83. The van der Waals surface area contributed by atoms with E-state index < -0.39 is 0 Å². The number of likely N-dealkylation sites (N-methyl/N-ethyl adjacent to an activating group) is 1. The summed E-state index contributed by atoms with van der Waals surface area (Å²) < 4.78 is 5.96. The maximum atomic E-state index is 5.96. The molecular formula is C20H35N5O. The quantitative estimate of drug-likeness (QED) is 0.570. The van der Waals surface area contributed by atoms with Crippen LogP contribution in [0.3, 0.4) is 0 Å². The van der Waals surface area contributed by atoms with Crippen LogP contribution in [0.15, 0.2) is 29.3 Å². The summed E-state index contributed by atoms with van der Waals surface area (Å²) in [5, 5.41) is 6.79. The summed E-state index contributed by atoms with van der Waals surface area (Å²) in [6, 6.07) is 8.63. The predicted octanol–water partition coefficient (Wildman–Crippen LogP) is 1.56. The van der Waals surface area contributed by atoms with E-state index in [1.807, 2.05) is 19.2 Å². The van der Waals surface area contributed by atoms with Crippen LogP contribution in [0.5, 0.6) is 5.75 Å². The largest absolute Gasteiger partial charge is 0.489 e. The molecule has 146 valence electrons. The molecule has 2 rings (SSSR count). The molecule has 26 heavy (non-hydrogen) atoms. The molecule has 1 aliphatic rings. The molecule has 1 heterocycles. The van der Waals surface area contributed by atoms with E-state index in [9.17, 15) is 0 Å². The number of aryl methyl sites for hydroxylation is 1. The Hall–Kier alpha value is -1.79. The van der Waals surface area contributed by atoms with Crippen LogP contribution >= 0.6 is 0 Å². The van der Waals surface area contributed by atoms with E-state index in [0.29, 0.717) is 12.6 Å². The van der Waals surface area contributed by atoms with Crippen LogP contribution in [0, 0.1) is 6.92 Å². The first-order valence-corrected chi connectivity index (χ1v) is 9.58. The van der Waals surface area contributed by atoms with E-state index in [0.717, 1.165) is 44.4 Å². The maximum absolute atomic E-state index is 5.96. The molecule has 2 atom stereocenters. The minimum Gasteiger partial charge on any atom is -0.489 e. The third kappa shape index (κ3) is 6.84. The van der Waals surface area contributed by atoms with Crippen molar-refractivity contribution in [2.45, 2.75) is 32.9 Å². The first-order valence-electron chi connectivity index (χ1n) is 9.58. The van der Waals surface area contributed by atoms with Crippen LogP contribution in [-0.4, -0.2) is 81.3 Å². The van der Waals surface area contributed by atoms with E-state index in [-0.39, 0.29) is 6.10 Å². The highest BCUT2D eigenvalue weighted by Crippen LogP contribution is 2.13. The average molecular weight is 362 g/mol. The number of rotatable bonds is 7. The Morgan fingerprint density at radius 3 is 2.50 bits per heavy atom. The van der Waals surface area contributed by atoms with E-state index in [2.05, 4.69) is 65.4 Å². The molecule has 0 aromatic heterocycles. The Kier molecular flexibility index (Phi) is 8.19. The van der Waals surface area contributed by atoms with Crippen molar-refractivity contribution in [3.63, 3.8) is 0 Å². The Balaban J connectivity index is 1.70. The molecule has 0 saturated carbocycles. The average Bonchev–Trinajstić information content (AvgIpc) is 2.62. The number of hydrogen-bond acceptors (Lipinski definition) is 4. The Labute approximate surface area is 158 Å². The number of aliphatic imine (C=N–C) groups is 1. The van der Waals surface area contributed by atoms with E-state index >= 15 is 0 Å². The molecule has 1 aromatic rings. The predicted molar refractivity (Wildman–Crippen MR) is 109 cm³/mol. The lowest BCUT2D eigenvalue weighted by Gasteiger charge is -2.36. The van der Waals surface area contributed by atoms with Gasteiger partial charge in [-0.2, -0.15) is 0 Å². The topological polar surface area (TPSA) is 52.1 Å². The molecule has 1 saturated heterocycles. The van der Waals surface area contributed by atoms with Gasteiger partial charge in [0.05, 0.1) is 6.54 Å². The Bertz CT molecular complexity index is 569. The van der Waals surface area contributed by atoms with Crippen molar-refractivity contribution in [3.8, 4) is 5.75 Å². The summed E-state index contributed by atoms with van der Waals surface area (Å²) in [4.78, 5) is 9.24. The van der Waals surface area contributed by atoms with Crippen molar-refractivity contribution in [1.29, 1.82) is 0 Å². The minimum absolute atomic E-state index is 0.0606. The van der Waals surface area contributed by atoms with Crippen LogP contribution in [0.2, 0.25) is 0 Å². The molecule has 1 aromatic carbocycles. The number of ether oxygens (including phenoxy) is 1. The SMILES string of the molecule is CN=C(NCC(C)Oc1cccc(C)c1)NCC(C)N1CCN(C)CC1. The standard InChI is InChI=1S/C20H35N5O/c1-16-7-6-8-19(13-16)26-18(3)15-23-20(21-4)22-14-17(2)25-11-9-24(5)10-12-25/h6-8,13,17-18H,9-12,14-15H2,1-5H3,(H2,21,22,23). The fourth-order valence-corrected chi connectivity index (χ4v) is 3.06. The molecule has 2 unspecified atom stereocenters. The molecule has 2 N–H and O–H groups in total. The van der Waals surface area contributed by atoms with Gasteiger partial charge in [-0.1, -0.05) is 12.1 Å². The van der Waals surface area contributed by atoms with Gasteiger partial charge in [0.15, 0.2) is 5.96 Å². The fraction of sp³-hybridized carbons (Fsp3) is 0.650. The highest BCUT2D eigenvalue weighted by Gasteiger charge is 2.19. The molecule has 0 radical (unpaired) electrons. The van der Waals surface area contributed by atoms with Gasteiger partial charge < -0.3 is 20.3 Å². The Morgan fingerprint density at radius 2 is 1.85 bits per heavy atom. The van der Waals surface area contributed by atoms with Crippen LogP contribution in [-0.2, 0) is 0 Å². The van der Waals surface area contributed by atoms with Crippen LogP contribution in [0.4, 0.5) is 0 Å². The molecule has 1 fully saturated rings. The fourth-order valence-electron chi connectivity index (χ4n) is 3.06. The van der Waals surface area contributed by atoms with Crippen molar-refractivity contribution >= 4 is 5.96 Å². The molecule has 0 spiro atoms. The van der Waals surface area contributed by atoms with Gasteiger partial charge in [-0.25, -0.2) is 0 Å². The van der Waals surface area contributed by atoms with Crippen molar-refractivity contribution in [2.24, 2.45) is 4.99 Å². The molecule has 0 aliphatic carbocycles. The van der Waals surface area contributed by atoms with Crippen LogP contribution < -0.4 is 15.4 Å². The summed E-state index contributed by atoms with van der Waals surface area (Å²) in [6.45, 7) is 12.6. The van der Waals surface area contributed by atoms with Gasteiger partial charge >= 0.3 is 0 Å². The molecule has 6 nitrogen and oxygen atoms in total. The maximum Gasteiger partial charge on any atom is 0.191 e. The second-order valence-electron chi connectivity index (χ2n) is 7.27. The molecular weight excluding hydrogens is 326 g/mol. The van der Waals surface area contributed by atoms with Gasteiger partial charge in [0.1, 0.15) is 11.9 Å². The van der Waals surface area contributed by atoms with Gasteiger partial charge in [0.2, 0.25) is 0 Å². The highest BCUT2D eigenvalue weighted by atomic mass is 16.5. The monoisotopic (exact) mass is 361 g/mol.